The van der Waals surface area contributed by atoms with E-state index < -0.39 is 11.7 Å². The number of rotatable bonds is 1. The summed E-state index contributed by atoms with van der Waals surface area (Å²) in [6.07, 6.45) is -1.48. The Morgan fingerprint density at radius 2 is 1.72 bits per heavy atom. The van der Waals surface area contributed by atoms with Crippen LogP contribution in [0.1, 0.15) is 11.1 Å². The highest BCUT2D eigenvalue weighted by atomic mass is 19.4. The second kappa shape index (κ2) is 4.49. The van der Waals surface area contributed by atoms with Gasteiger partial charge in [0, 0.05) is 18.0 Å². The smallest absolute Gasteiger partial charge is 0.263 e. The summed E-state index contributed by atoms with van der Waals surface area (Å²) in [5.74, 6) is 0. The Morgan fingerprint density at radius 3 is 2.28 bits per heavy atom. The molecule has 0 bridgehead atoms. The highest BCUT2D eigenvalue weighted by Crippen LogP contribution is 2.31. The average Bonchev–Trinajstić information content (AvgIpc) is 2.38. The summed E-state index contributed by atoms with van der Waals surface area (Å²) >= 11 is 0. The largest absolute Gasteiger partial charge is 0.416 e. The van der Waals surface area contributed by atoms with Crippen LogP contribution in [0.2, 0.25) is 0 Å². The van der Waals surface area contributed by atoms with Crippen molar-refractivity contribution < 1.29 is 13.2 Å². The summed E-state index contributed by atoms with van der Waals surface area (Å²) in [6.45, 7) is 0. The summed E-state index contributed by atoms with van der Waals surface area (Å²) < 4.78 is 37.2. The molecule has 2 rings (SSSR count). The molecule has 0 aliphatic heterocycles. The molecular formula is C13H7F3N2. The van der Waals surface area contributed by atoms with Gasteiger partial charge in [0.25, 0.3) is 0 Å². The number of hydrogen-bond donors (Lipinski definition) is 0. The van der Waals surface area contributed by atoms with Crippen LogP contribution in [0.25, 0.3) is 11.1 Å². The van der Waals surface area contributed by atoms with Crippen LogP contribution in [0.3, 0.4) is 0 Å². The van der Waals surface area contributed by atoms with E-state index in [9.17, 15) is 13.2 Å². The summed E-state index contributed by atoms with van der Waals surface area (Å²) in [7, 11) is 0. The number of aromatic nitrogens is 1. The minimum Gasteiger partial charge on any atom is -0.263 e. The zero-order valence-corrected chi connectivity index (χ0v) is 9.07. The van der Waals surface area contributed by atoms with Gasteiger partial charge >= 0.3 is 6.18 Å². The highest BCUT2D eigenvalue weighted by Gasteiger charge is 2.30. The van der Waals surface area contributed by atoms with E-state index in [2.05, 4.69) is 4.98 Å². The molecule has 5 heteroatoms. The fraction of sp³-hybridized carbons (Fsp3) is 0.0769. The van der Waals surface area contributed by atoms with E-state index in [1.165, 1.54) is 24.5 Å². The van der Waals surface area contributed by atoms with Crippen LogP contribution in [0.15, 0.2) is 42.7 Å². The van der Waals surface area contributed by atoms with Gasteiger partial charge in [-0.1, -0.05) is 12.1 Å². The summed E-state index contributed by atoms with van der Waals surface area (Å²) in [5, 5.41) is 8.89. The van der Waals surface area contributed by atoms with Gasteiger partial charge in [0.05, 0.1) is 11.1 Å². The number of hydrogen-bond acceptors (Lipinski definition) is 2. The number of benzene rings is 1. The minimum atomic E-state index is -4.35. The van der Waals surface area contributed by atoms with Crippen molar-refractivity contribution in [3.05, 3.63) is 53.9 Å². The predicted molar refractivity (Wildman–Crippen MR) is 59.4 cm³/mol. The number of nitrogens with zero attached hydrogens (tertiary/aromatic N) is 2. The third-order valence-corrected chi connectivity index (χ3v) is 2.46. The van der Waals surface area contributed by atoms with E-state index >= 15 is 0 Å². The molecule has 0 unspecified atom stereocenters. The standard InChI is InChI=1S/C13H7F3N2/c14-13(15,16)11-3-1-9(2-4-11)12-5-6-18-8-10(12)7-17/h1-6,8H. The predicted octanol–water partition coefficient (Wildman–Crippen LogP) is 3.64. The van der Waals surface area contributed by atoms with E-state index in [4.69, 9.17) is 5.26 Å². The van der Waals surface area contributed by atoms with Crippen LogP contribution in [0.4, 0.5) is 13.2 Å². The number of nitriles is 1. The quantitative estimate of drug-likeness (QED) is 0.772. The van der Waals surface area contributed by atoms with Crippen LogP contribution >= 0.6 is 0 Å². The normalized spacial score (nSPS) is 11.0. The lowest BCUT2D eigenvalue weighted by molar-refractivity contribution is -0.137. The number of alkyl halides is 3. The van der Waals surface area contributed by atoms with Gasteiger partial charge < -0.3 is 0 Å². The molecule has 0 aliphatic rings. The van der Waals surface area contributed by atoms with E-state index in [-0.39, 0.29) is 0 Å². The molecule has 0 saturated heterocycles. The molecule has 2 aromatic rings. The van der Waals surface area contributed by atoms with Gasteiger partial charge in [-0.05, 0) is 23.8 Å². The zero-order chi connectivity index (χ0) is 13.2. The Hall–Kier alpha value is -2.35. The molecule has 1 heterocycles. The van der Waals surface area contributed by atoms with Crippen molar-refractivity contribution in [2.24, 2.45) is 0 Å². The summed E-state index contributed by atoms with van der Waals surface area (Å²) in [4.78, 5) is 3.80. The Bertz CT molecular complexity index is 595. The molecule has 0 fully saturated rings. The van der Waals surface area contributed by atoms with Crippen molar-refractivity contribution in [3.8, 4) is 17.2 Å². The number of pyridine rings is 1. The molecule has 0 atom stereocenters. The lowest BCUT2D eigenvalue weighted by Crippen LogP contribution is -2.04. The van der Waals surface area contributed by atoms with Crippen molar-refractivity contribution in [1.82, 2.24) is 4.98 Å². The number of halogens is 3. The van der Waals surface area contributed by atoms with E-state index in [1.54, 1.807) is 6.07 Å². The first kappa shape index (κ1) is 12.1. The fourth-order valence-corrected chi connectivity index (χ4v) is 1.57. The summed E-state index contributed by atoms with van der Waals surface area (Å²) in [5.41, 5.74) is 0.749. The van der Waals surface area contributed by atoms with Crippen molar-refractivity contribution in [3.63, 3.8) is 0 Å². The first-order valence-electron chi connectivity index (χ1n) is 5.04. The van der Waals surface area contributed by atoms with Gasteiger partial charge in [0.2, 0.25) is 0 Å². The third kappa shape index (κ3) is 2.33. The second-order valence-corrected chi connectivity index (χ2v) is 3.61. The lowest BCUT2D eigenvalue weighted by Gasteiger charge is -2.08. The molecule has 1 aromatic heterocycles. The lowest BCUT2D eigenvalue weighted by atomic mass is 10.0. The maximum absolute atomic E-state index is 12.4. The maximum Gasteiger partial charge on any atom is 0.416 e. The van der Waals surface area contributed by atoms with Crippen molar-refractivity contribution in [1.29, 1.82) is 5.26 Å². The first-order chi connectivity index (χ1) is 8.52. The van der Waals surface area contributed by atoms with Gasteiger partial charge in [-0.25, -0.2) is 0 Å². The van der Waals surface area contributed by atoms with Crippen molar-refractivity contribution in [2.45, 2.75) is 6.18 Å². The molecular weight excluding hydrogens is 241 g/mol. The molecule has 0 N–H and O–H groups in total. The van der Waals surface area contributed by atoms with Gasteiger partial charge in [0.15, 0.2) is 0 Å². The molecule has 0 radical (unpaired) electrons. The van der Waals surface area contributed by atoms with E-state index in [1.807, 2.05) is 6.07 Å². The Balaban J connectivity index is 2.45. The van der Waals surface area contributed by atoms with Gasteiger partial charge in [0.1, 0.15) is 6.07 Å². The Labute approximate surface area is 101 Å². The molecule has 0 saturated carbocycles. The van der Waals surface area contributed by atoms with Gasteiger partial charge in [-0.3, -0.25) is 4.98 Å². The van der Waals surface area contributed by atoms with Gasteiger partial charge in [-0.2, -0.15) is 18.4 Å². The molecule has 18 heavy (non-hydrogen) atoms. The maximum atomic E-state index is 12.4. The fourth-order valence-electron chi connectivity index (χ4n) is 1.57. The van der Waals surface area contributed by atoms with Crippen LogP contribution < -0.4 is 0 Å². The van der Waals surface area contributed by atoms with Crippen molar-refractivity contribution in [2.75, 3.05) is 0 Å². The second-order valence-electron chi connectivity index (χ2n) is 3.61. The van der Waals surface area contributed by atoms with Crippen molar-refractivity contribution >= 4 is 0 Å². The van der Waals surface area contributed by atoms with Crippen LogP contribution in [0.5, 0.6) is 0 Å². The van der Waals surface area contributed by atoms with E-state index in [0.29, 0.717) is 16.7 Å². The minimum absolute atomic E-state index is 0.331. The van der Waals surface area contributed by atoms with E-state index in [0.717, 1.165) is 12.1 Å². The first-order valence-corrected chi connectivity index (χ1v) is 5.04. The third-order valence-electron chi connectivity index (χ3n) is 2.46. The average molecular weight is 248 g/mol. The topological polar surface area (TPSA) is 36.7 Å². The Kier molecular flexibility index (Phi) is 3.02. The molecule has 0 spiro atoms. The molecule has 2 nitrogen and oxygen atoms in total. The Morgan fingerprint density at radius 1 is 1.06 bits per heavy atom. The molecule has 0 amide bonds. The molecule has 1 aromatic carbocycles. The molecule has 0 aliphatic carbocycles. The highest BCUT2D eigenvalue weighted by molar-refractivity contribution is 5.69. The zero-order valence-electron chi connectivity index (χ0n) is 9.07. The van der Waals surface area contributed by atoms with Gasteiger partial charge in [-0.15, -0.1) is 0 Å². The monoisotopic (exact) mass is 248 g/mol. The summed E-state index contributed by atoms with van der Waals surface area (Å²) in [6, 6.07) is 8.24. The SMILES string of the molecule is N#Cc1cnccc1-c1ccc(C(F)(F)F)cc1. The molecule has 90 valence electrons. The van der Waals surface area contributed by atoms with Crippen LogP contribution in [0, 0.1) is 11.3 Å². The van der Waals surface area contributed by atoms with Crippen LogP contribution in [-0.2, 0) is 6.18 Å². The van der Waals surface area contributed by atoms with Crippen LogP contribution in [-0.4, -0.2) is 4.98 Å².